The predicted octanol–water partition coefficient (Wildman–Crippen LogP) is 6.36. The van der Waals surface area contributed by atoms with Crippen LogP contribution < -0.4 is 24.4 Å². The van der Waals surface area contributed by atoms with Crippen LogP contribution in [0.25, 0.3) is 28.1 Å². The molecule has 4 rings (SSSR count). The van der Waals surface area contributed by atoms with Crippen molar-refractivity contribution in [1.29, 1.82) is 0 Å². The second-order valence-electron chi connectivity index (χ2n) is 10.1. The number of nitrogens with zero attached hydrogens (tertiary/aromatic N) is 2. The number of fused-ring (bicyclic) bond motifs is 1. The van der Waals surface area contributed by atoms with E-state index >= 15 is 0 Å². The molecule has 0 spiro atoms. The van der Waals surface area contributed by atoms with Gasteiger partial charge in [0.05, 0.1) is 51.3 Å². The van der Waals surface area contributed by atoms with Gasteiger partial charge < -0.3 is 18.9 Å². The van der Waals surface area contributed by atoms with E-state index in [4.69, 9.17) is 28.8 Å². The smallest absolute Gasteiger partial charge is 0.243 e. The zero-order valence-electron chi connectivity index (χ0n) is 24.4. The van der Waals surface area contributed by atoms with Crippen LogP contribution in [0, 0.1) is 5.92 Å². The summed E-state index contributed by atoms with van der Waals surface area (Å²) in [5.41, 5.74) is 6.00. The van der Waals surface area contributed by atoms with Crippen LogP contribution in [-0.4, -0.2) is 50.0 Å². The number of nitrogens with one attached hydrogen (secondary N) is 1. The van der Waals surface area contributed by atoms with Gasteiger partial charge in [-0.2, -0.15) is 0 Å². The predicted molar refractivity (Wildman–Crippen MR) is 159 cm³/mol. The molecule has 1 heterocycles. The van der Waals surface area contributed by atoms with E-state index in [1.165, 1.54) is 0 Å². The van der Waals surface area contributed by atoms with Crippen molar-refractivity contribution in [3.8, 4) is 40.1 Å². The third kappa shape index (κ3) is 7.49. The summed E-state index contributed by atoms with van der Waals surface area (Å²) in [5.74, 6) is 3.43. The topological polar surface area (TPSA) is 93.1 Å². The summed E-state index contributed by atoms with van der Waals surface area (Å²) in [5, 5.41) is 0. The standard InChI is InChI=1S/C32H39N3O6/c1-22(2)21-41-34-30(36)14-10-7-11-17-40-25-15-16-26-27(20-25)35(32(33-26)23-12-8-6-9-13-23)24-18-28(37-3)31(39-5)29(19-24)38-4/h6,8-9,12-13,15-16,18-20,22H,7,10-11,14,17,21H2,1-5H3,(H,34,36). The van der Waals surface area contributed by atoms with Gasteiger partial charge in [-0.05, 0) is 37.3 Å². The number of carbonyl (C=O) groups excluding carboxylic acids is 1. The molecule has 0 bridgehead atoms. The molecular weight excluding hydrogens is 522 g/mol. The van der Waals surface area contributed by atoms with Gasteiger partial charge in [0.1, 0.15) is 11.6 Å². The van der Waals surface area contributed by atoms with Crippen molar-refractivity contribution in [2.45, 2.75) is 39.5 Å². The van der Waals surface area contributed by atoms with Gasteiger partial charge in [-0.25, -0.2) is 10.5 Å². The monoisotopic (exact) mass is 561 g/mol. The van der Waals surface area contributed by atoms with Gasteiger partial charge in [-0.1, -0.05) is 44.2 Å². The van der Waals surface area contributed by atoms with Crippen molar-refractivity contribution >= 4 is 16.9 Å². The summed E-state index contributed by atoms with van der Waals surface area (Å²) in [4.78, 5) is 22.0. The molecule has 0 aliphatic rings. The summed E-state index contributed by atoms with van der Waals surface area (Å²) in [7, 11) is 4.79. The number of hydroxylamine groups is 1. The third-order valence-corrected chi connectivity index (χ3v) is 6.49. The molecule has 0 atom stereocenters. The van der Waals surface area contributed by atoms with Gasteiger partial charge in [0.15, 0.2) is 11.5 Å². The third-order valence-electron chi connectivity index (χ3n) is 6.49. The Morgan fingerprint density at radius 3 is 2.29 bits per heavy atom. The molecule has 1 N–H and O–H groups in total. The molecule has 3 aromatic carbocycles. The van der Waals surface area contributed by atoms with Crippen molar-refractivity contribution in [2.75, 3.05) is 34.5 Å². The summed E-state index contributed by atoms with van der Waals surface area (Å²) < 4.78 is 25.0. The molecule has 0 saturated heterocycles. The zero-order chi connectivity index (χ0) is 29.2. The van der Waals surface area contributed by atoms with E-state index < -0.39 is 0 Å². The lowest BCUT2D eigenvalue weighted by Crippen LogP contribution is -2.25. The molecule has 0 radical (unpaired) electrons. The van der Waals surface area contributed by atoms with Gasteiger partial charge >= 0.3 is 0 Å². The summed E-state index contributed by atoms with van der Waals surface area (Å²) in [6, 6.07) is 19.7. The number of imidazole rings is 1. The number of hydrogen-bond acceptors (Lipinski definition) is 7. The number of hydrogen-bond donors (Lipinski definition) is 1. The van der Waals surface area contributed by atoms with E-state index in [9.17, 15) is 4.79 Å². The van der Waals surface area contributed by atoms with Crippen LogP contribution in [0.5, 0.6) is 23.0 Å². The van der Waals surface area contributed by atoms with Crippen LogP contribution in [0.1, 0.15) is 39.5 Å². The first-order valence-corrected chi connectivity index (χ1v) is 13.9. The Kier molecular flexibility index (Phi) is 10.5. The molecule has 0 aliphatic heterocycles. The maximum atomic E-state index is 11.9. The van der Waals surface area contributed by atoms with Gasteiger partial charge in [0, 0.05) is 30.2 Å². The fourth-order valence-corrected chi connectivity index (χ4v) is 4.48. The van der Waals surface area contributed by atoms with Gasteiger partial charge in [-0.15, -0.1) is 0 Å². The highest BCUT2D eigenvalue weighted by atomic mass is 16.7. The lowest BCUT2D eigenvalue weighted by atomic mass is 10.2. The van der Waals surface area contributed by atoms with E-state index in [-0.39, 0.29) is 5.91 Å². The number of benzene rings is 3. The summed E-state index contributed by atoms with van der Waals surface area (Å²) >= 11 is 0. The Morgan fingerprint density at radius 1 is 0.902 bits per heavy atom. The molecule has 0 unspecified atom stereocenters. The molecular formula is C32H39N3O6. The van der Waals surface area contributed by atoms with Crippen molar-refractivity contribution in [3.63, 3.8) is 0 Å². The van der Waals surface area contributed by atoms with Gasteiger partial charge in [0.2, 0.25) is 11.7 Å². The van der Waals surface area contributed by atoms with Crippen LogP contribution >= 0.6 is 0 Å². The van der Waals surface area contributed by atoms with Crippen LogP contribution in [0.2, 0.25) is 0 Å². The first-order valence-electron chi connectivity index (χ1n) is 13.9. The Bertz CT molecular complexity index is 1410. The number of carbonyl (C=O) groups is 1. The molecule has 1 amide bonds. The van der Waals surface area contributed by atoms with Crippen LogP contribution in [-0.2, 0) is 9.63 Å². The maximum absolute atomic E-state index is 11.9. The second kappa shape index (κ2) is 14.4. The fourth-order valence-electron chi connectivity index (χ4n) is 4.48. The molecule has 1 aromatic heterocycles. The number of ether oxygens (including phenoxy) is 4. The highest BCUT2D eigenvalue weighted by Crippen LogP contribution is 2.41. The maximum Gasteiger partial charge on any atom is 0.243 e. The first kappa shape index (κ1) is 29.7. The SMILES string of the molecule is COc1cc(-n2c(-c3ccccc3)nc3ccc(OCCCCCC(=O)NOCC(C)C)cc32)cc(OC)c1OC. The minimum atomic E-state index is -0.0914. The normalized spacial score (nSPS) is 11.1. The van der Waals surface area contributed by atoms with Crippen LogP contribution in [0.4, 0.5) is 0 Å². The van der Waals surface area contributed by atoms with Crippen molar-refractivity contribution in [1.82, 2.24) is 15.0 Å². The highest BCUT2D eigenvalue weighted by molar-refractivity contribution is 5.85. The lowest BCUT2D eigenvalue weighted by Gasteiger charge is -2.16. The number of amides is 1. The molecule has 0 fully saturated rings. The van der Waals surface area contributed by atoms with Crippen molar-refractivity contribution in [2.24, 2.45) is 5.92 Å². The van der Waals surface area contributed by atoms with Gasteiger partial charge in [-0.3, -0.25) is 14.2 Å². The molecule has 0 aliphatic carbocycles. The van der Waals surface area contributed by atoms with Gasteiger partial charge in [0.25, 0.3) is 0 Å². The fraction of sp³-hybridized carbons (Fsp3) is 0.375. The molecule has 41 heavy (non-hydrogen) atoms. The Morgan fingerprint density at radius 2 is 1.63 bits per heavy atom. The Balaban J connectivity index is 1.53. The van der Waals surface area contributed by atoms with E-state index in [0.29, 0.717) is 42.8 Å². The quantitative estimate of drug-likeness (QED) is 0.133. The largest absolute Gasteiger partial charge is 0.494 e. The van der Waals surface area contributed by atoms with Crippen LogP contribution in [0.3, 0.4) is 0 Å². The molecule has 9 nitrogen and oxygen atoms in total. The molecule has 9 heteroatoms. The number of aromatic nitrogens is 2. The zero-order valence-corrected chi connectivity index (χ0v) is 24.4. The minimum Gasteiger partial charge on any atom is -0.494 e. The average Bonchev–Trinajstić information content (AvgIpc) is 3.37. The lowest BCUT2D eigenvalue weighted by molar-refractivity contribution is -0.134. The summed E-state index contributed by atoms with van der Waals surface area (Å²) in [6.45, 7) is 5.12. The first-order chi connectivity index (χ1) is 19.9. The van der Waals surface area contributed by atoms with E-state index in [2.05, 4.69) is 10.0 Å². The highest BCUT2D eigenvalue weighted by Gasteiger charge is 2.20. The van der Waals surface area contributed by atoms with E-state index in [0.717, 1.165) is 53.1 Å². The van der Waals surface area contributed by atoms with Crippen LogP contribution in [0.15, 0.2) is 60.7 Å². The average molecular weight is 562 g/mol. The molecule has 218 valence electrons. The van der Waals surface area contributed by atoms with Crippen molar-refractivity contribution in [3.05, 3.63) is 60.7 Å². The van der Waals surface area contributed by atoms with Crippen molar-refractivity contribution < 1.29 is 28.6 Å². The Hall–Kier alpha value is -4.24. The molecule has 4 aromatic rings. The summed E-state index contributed by atoms with van der Waals surface area (Å²) in [6.07, 6.45) is 2.91. The minimum absolute atomic E-state index is 0.0914. The number of rotatable bonds is 15. The van der Waals surface area contributed by atoms with E-state index in [1.54, 1.807) is 21.3 Å². The number of methoxy groups -OCH3 is 3. The van der Waals surface area contributed by atoms with E-state index in [1.807, 2.05) is 74.5 Å². The Labute approximate surface area is 241 Å². The molecule has 0 saturated carbocycles. The number of unbranched alkanes of at least 4 members (excludes halogenated alkanes) is 2. The second-order valence-corrected chi connectivity index (χ2v) is 10.1.